The van der Waals surface area contributed by atoms with Crippen molar-refractivity contribution in [3.05, 3.63) is 178 Å². The smallest absolute Gasteiger partial charge is 0.259 e. The SMILES string of the molecule is C=C1C(=O)c2cc(OC)c(OCCCCCOc3cc4c(cc3OC)C(=O)N3C=C(c5cccc(N)c5)C[C@H]3/C=C/C=C4)cc2C=C[C@@H]1C/C(=C\C)c1ccc(C=C2CCC(=CC)CC2)cc1. The van der Waals surface area contributed by atoms with Crippen molar-refractivity contribution in [2.75, 3.05) is 33.2 Å². The minimum absolute atomic E-state index is 0.0847. The summed E-state index contributed by atoms with van der Waals surface area (Å²) >= 11 is 0. The van der Waals surface area contributed by atoms with Gasteiger partial charge in [0.05, 0.1) is 39.0 Å². The predicted octanol–water partition coefficient (Wildman–Crippen LogP) is 13.5. The number of hydrogen-bond acceptors (Lipinski definition) is 7. The Morgan fingerprint density at radius 3 is 2.09 bits per heavy atom. The van der Waals surface area contributed by atoms with Gasteiger partial charge in [-0.05, 0) is 147 Å². The maximum atomic E-state index is 14.1. The van der Waals surface area contributed by atoms with Gasteiger partial charge in [0, 0.05) is 28.9 Å². The average molecular weight is 895 g/mol. The lowest BCUT2D eigenvalue weighted by atomic mass is 9.86. The van der Waals surface area contributed by atoms with E-state index in [1.54, 1.807) is 36.8 Å². The van der Waals surface area contributed by atoms with Crippen molar-refractivity contribution in [3.63, 3.8) is 0 Å². The molecule has 2 aliphatic carbocycles. The van der Waals surface area contributed by atoms with Crippen LogP contribution in [0.1, 0.15) is 120 Å². The van der Waals surface area contributed by atoms with Crippen molar-refractivity contribution < 1.29 is 28.5 Å². The molecule has 1 saturated carbocycles. The van der Waals surface area contributed by atoms with Crippen LogP contribution < -0.4 is 24.7 Å². The molecule has 4 aromatic carbocycles. The highest BCUT2D eigenvalue weighted by Crippen LogP contribution is 2.40. The number of nitrogens with two attached hydrogens (primary N) is 1. The van der Waals surface area contributed by atoms with E-state index >= 15 is 0 Å². The van der Waals surface area contributed by atoms with Gasteiger partial charge in [-0.1, -0.05) is 109 Å². The van der Waals surface area contributed by atoms with Crippen LogP contribution >= 0.6 is 0 Å². The van der Waals surface area contributed by atoms with E-state index in [1.165, 1.54) is 16.7 Å². The molecule has 2 N–H and O–H groups in total. The topological polar surface area (TPSA) is 100 Å². The van der Waals surface area contributed by atoms with Gasteiger partial charge in [-0.25, -0.2) is 0 Å². The molecule has 0 unspecified atom stereocenters. The Hall–Kier alpha value is -7.06. The number of carbonyl (C=O) groups is 2. The first-order chi connectivity index (χ1) is 32.7. The summed E-state index contributed by atoms with van der Waals surface area (Å²) in [7, 11) is 3.18. The summed E-state index contributed by atoms with van der Waals surface area (Å²) < 4.78 is 24.0. The lowest BCUT2D eigenvalue weighted by Gasteiger charge is -2.22. The van der Waals surface area contributed by atoms with Crippen LogP contribution in [-0.4, -0.2) is 50.1 Å². The number of allylic oxidation sites excluding steroid dienone is 9. The highest BCUT2D eigenvalue weighted by atomic mass is 16.5. The number of methoxy groups -OCH3 is 2. The van der Waals surface area contributed by atoms with Gasteiger partial charge < -0.3 is 29.6 Å². The molecule has 1 fully saturated rings. The van der Waals surface area contributed by atoms with Gasteiger partial charge in [-0.15, -0.1) is 0 Å². The molecule has 8 heteroatoms. The van der Waals surface area contributed by atoms with Gasteiger partial charge in [0.25, 0.3) is 5.91 Å². The first kappa shape index (κ1) is 46.5. The zero-order valence-electron chi connectivity index (χ0n) is 39.3. The van der Waals surface area contributed by atoms with Crippen molar-refractivity contribution in [2.24, 2.45) is 5.92 Å². The number of Topliss-reactive ketones (excluding diaryl/α,β-unsaturated/α-hetero) is 1. The molecule has 1 amide bonds. The second-order valence-electron chi connectivity index (χ2n) is 17.7. The highest BCUT2D eigenvalue weighted by Gasteiger charge is 2.31. The maximum Gasteiger partial charge on any atom is 0.259 e. The van der Waals surface area contributed by atoms with Gasteiger partial charge >= 0.3 is 0 Å². The monoisotopic (exact) mass is 894 g/mol. The Balaban J connectivity index is 0.851. The summed E-state index contributed by atoms with van der Waals surface area (Å²) in [5, 5.41) is 0. The molecule has 0 aromatic heterocycles. The number of fused-ring (bicyclic) bond motifs is 3. The van der Waals surface area contributed by atoms with E-state index in [1.807, 2.05) is 66.9 Å². The number of unbranched alkanes of at least 4 members (excludes halogenated alkanes) is 2. The number of anilines is 1. The minimum Gasteiger partial charge on any atom is -0.493 e. The van der Waals surface area contributed by atoms with Crippen LogP contribution in [0.4, 0.5) is 5.69 Å². The number of nitrogen functional groups attached to an aromatic ring is 1. The molecule has 2 atom stereocenters. The van der Waals surface area contributed by atoms with E-state index < -0.39 is 0 Å². The van der Waals surface area contributed by atoms with Crippen LogP contribution in [0.25, 0.3) is 29.4 Å². The Morgan fingerprint density at radius 2 is 1.43 bits per heavy atom. The molecule has 4 aliphatic rings. The maximum absolute atomic E-state index is 14.1. The van der Waals surface area contributed by atoms with E-state index in [9.17, 15) is 9.59 Å². The molecule has 8 nitrogen and oxygen atoms in total. The zero-order valence-corrected chi connectivity index (χ0v) is 39.3. The van der Waals surface area contributed by atoms with Crippen molar-refractivity contribution in [1.82, 2.24) is 4.90 Å². The number of ketones is 1. The largest absolute Gasteiger partial charge is 0.493 e. The lowest BCUT2D eigenvalue weighted by molar-refractivity contribution is 0.0805. The molecule has 0 saturated heterocycles. The fourth-order valence-corrected chi connectivity index (χ4v) is 9.39. The zero-order chi connectivity index (χ0) is 46.9. The van der Waals surface area contributed by atoms with Crippen LogP contribution in [0.2, 0.25) is 0 Å². The predicted molar refractivity (Wildman–Crippen MR) is 273 cm³/mol. The summed E-state index contributed by atoms with van der Waals surface area (Å²) in [4.78, 5) is 29.8. The van der Waals surface area contributed by atoms with Crippen LogP contribution in [0, 0.1) is 5.92 Å². The average Bonchev–Trinajstić information content (AvgIpc) is 3.76. The van der Waals surface area contributed by atoms with Crippen LogP contribution in [-0.2, 0) is 0 Å². The molecular formula is C59H62N2O6. The quantitative estimate of drug-likeness (QED) is 0.0549. The molecule has 67 heavy (non-hydrogen) atoms. The summed E-state index contributed by atoms with van der Waals surface area (Å²) in [6.07, 6.45) is 29.1. The van der Waals surface area contributed by atoms with E-state index in [0.717, 1.165) is 72.8 Å². The second-order valence-corrected chi connectivity index (χ2v) is 17.7. The van der Waals surface area contributed by atoms with Gasteiger partial charge in [0.15, 0.2) is 28.8 Å². The van der Waals surface area contributed by atoms with Crippen molar-refractivity contribution in [1.29, 1.82) is 0 Å². The van der Waals surface area contributed by atoms with Gasteiger partial charge in [0.1, 0.15) is 0 Å². The van der Waals surface area contributed by atoms with E-state index in [4.69, 9.17) is 24.7 Å². The minimum atomic E-state index is -0.158. The Labute approximate surface area is 396 Å². The van der Waals surface area contributed by atoms with E-state index in [-0.39, 0.29) is 23.7 Å². The van der Waals surface area contributed by atoms with E-state index in [0.29, 0.717) is 71.4 Å². The van der Waals surface area contributed by atoms with E-state index in [2.05, 4.69) is 75.1 Å². The number of hydrogen-bond donors (Lipinski definition) is 1. The van der Waals surface area contributed by atoms with Crippen LogP contribution in [0.3, 0.4) is 0 Å². The van der Waals surface area contributed by atoms with Crippen molar-refractivity contribution >= 4 is 46.8 Å². The highest BCUT2D eigenvalue weighted by molar-refractivity contribution is 6.12. The second kappa shape index (κ2) is 21.5. The number of nitrogens with zero attached hydrogens (tertiary/aromatic N) is 1. The number of amides is 1. The Morgan fingerprint density at radius 1 is 0.761 bits per heavy atom. The van der Waals surface area contributed by atoms with Gasteiger partial charge in [0.2, 0.25) is 0 Å². The molecule has 2 aliphatic heterocycles. The molecule has 0 radical (unpaired) electrons. The molecule has 0 spiro atoms. The normalized spacial score (nSPS) is 18.4. The lowest BCUT2D eigenvalue weighted by Crippen LogP contribution is -2.31. The number of carbonyl (C=O) groups excluding carboxylic acids is 2. The summed E-state index contributed by atoms with van der Waals surface area (Å²) in [6.45, 7) is 9.43. The molecule has 0 bridgehead atoms. The number of rotatable bonds is 15. The third kappa shape index (κ3) is 10.8. The summed E-state index contributed by atoms with van der Waals surface area (Å²) in [6, 6.07) is 23.8. The van der Waals surface area contributed by atoms with Crippen molar-refractivity contribution in [3.8, 4) is 23.0 Å². The first-order valence-electron chi connectivity index (χ1n) is 23.6. The van der Waals surface area contributed by atoms with Crippen LogP contribution in [0.15, 0.2) is 139 Å². The molecule has 8 rings (SSSR count). The standard InChI is InChI=1S/C59H62N2O6/c1-6-40-18-20-41(21-19-40)30-42-22-24-44(25-23-42)43(7-2)31-45-26-27-48-35-57(54(64-4)36-52(48)58(62)39(45)3)67-29-12-8-11-28-66-56-34-47-14-9-10-17-51-33-49(46-15-13-16-50(60)32-46)38-61(51)59(63)53(47)37-55(56)65-5/h6-7,9-10,13-17,22-27,30,32,34-38,45,51H,3,8,11-12,18-21,28-29,31,33,60H2,1-2,4-5H3/b14-9?,17-10+,40-6?,41-30?,43-7+/t45-,51-/m1/s1. The summed E-state index contributed by atoms with van der Waals surface area (Å²) in [5.74, 6) is 1.84. The summed E-state index contributed by atoms with van der Waals surface area (Å²) in [5.41, 5.74) is 18.7. The number of benzene rings is 4. The van der Waals surface area contributed by atoms with Gasteiger partial charge in [-0.2, -0.15) is 0 Å². The fraction of sp³-hybridized carbons (Fsp3) is 0.288. The molecule has 4 aromatic rings. The fourth-order valence-electron chi connectivity index (χ4n) is 9.39. The molecular weight excluding hydrogens is 833 g/mol. The van der Waals surface area contributed by atoms with Crippen LogP contribution in [0.5, 0.6) is 23.0 Å². The molecule has 2 heterocycles. The first-order valence-corrected chi connectivity index (χ1v) is 23.6. The Bertz CT molecular complexity index is 2730. The third-order valence-corrected chi connectivity index (χ3v) is 13.4. The van der Waals surface area contributed by atoms with Crippen molar-refractivity contribution in [2.45, 2.75) is 77.7 Å². The van der Waals surface area contributed by atoms with Gasteiger partial charge in [-0.3, -0.25) is 9.59 Å². The Kier molecular flexibility index (Phi) is 14.9. The third-order valence-electron chi connectivity index (χ3n) is 13.4. The molecule has 344 valence electrons. The number of ether oxygens (including phenoxy) is 4.